The average Bonchev–Trinajstić information content (AvgIpc) is 3.72. The lowest BCUT2D eigenvalue weighted by Gasteiger charge is -2.38. The van der Waals surface area contributed by atoms with Crippen LogP contribution in [0.15, 0.2) is 67.0 Å². The minimum absolute atomic E-state index is 0.0505. The molecule has 6 rings (SSSR count). The molecule has 3 heterocycles. The highest BCUT2D eigenvalue weighted by Gasteiger charge is 2.35. The summed E-state index contributed by atoms with van der Waals surface area (Å²) < 4.78 is 35.7. The number of fused-ring (bicyclic) bond motifs is 1. The standard InChI is InChI=1S/C29H26F2N6O4/c1-17-12-13-36(29(40)37(17)21-7-4-19(30)5-8-21)28(39)32-20-6-10-24(23(31)14-20)41-22-9-11-26-33-25(16-35(26)15-22)34-27(38)18-2-3-18/h4-11,14-18H,2-3,12-13H2,1H3,(H,32,39)(H,34,38). The third kappa shape index (κ3) is 5.53. The smallest absolute Gasteiger partial charge is 0.332 e. The molecule has 5 amide bonds. The highest BCUT2D eigenvalue weighted by molar-refractivity contribution is 6.07. The summed E-state index contributed by atoms with van der Waals surface area (Å²) in [5, 5.41) is 5.35. The highest BCUT2D eigenvalue weighted by atomic mass is 19.1. The van der Waals surface area contributed by atoms with Crippen LogP contribution < -0.4 is 20.3 Å². The number of imidazole rings is 1. The van der Waals surface area contributed by atoms with Crippen LogP contribution in [0.2, 0.25) is 0 Å². The zero-order valence-electron chi connectivity index (χ0n) is 22.0. The second-order valence-corrected chi connectivity index (χ2v) is 10.1. The highest BCUT2D eigenvalue weighted by Crippen LogP contribution is 2.31. The van der Waals surface area contributed by atoms with E-state index in [1.165, 1.54) is 41.3 Å². The summed E-state index contributed by atoms with van der Waals surface area (Å²) in [4.78, 5) is 44.9. The van der Waals surface area contributed by atoms with Gasteiger partial charge in [0, 0.05) is 35.9 Å². The van der Waals surface area contributed by atoms with Crippen molar-refractivity contribution in [2.24, 2.45) is 5.92 Å². The molecule has 1 saturated heterocycles. The SMILES string of the molecule is CC1CCN(C(=O)Nc2ccc(Oc3ccc4nc(NC(=O)C5CC5)cn4c3)c(F)c2)C(=O)N1c1ccc(F)cc1. The molecule has 2 aromatic carbocycles. The van der Waals surface area contributed by atoms with Gasteiger partial charge in [-0.2, -0.15) is 0 Å². The first-order valence-corrected chi connectivity index (χ1v) is 13.2. The lowest BCUT2D eigenvalue weighted by Crippen LogP contribution is -2.56. The van der Waals surface area contributed by atoms with Gasteiger partial charge in [-0.25, -0.2) is 28.3 Å². The topological polar surface area (TPSA) is 108 Å². The zero-order chi connectivity index (χ0) is 28.7. The van der Waals surface area contributed by atoms with Crippen molar-refractivity contribution in [2.75, 3.05) is 22.1 Å². The normalized spacial score (nSPS) is 17.0. The number of imide groups is 1. The molecule has 1 aliphatic carbocycles. The Balaban J connectivity index is 1.12. The molecule has 4 aromatic rings. The fourth-order valence-corrected chi connectivity index (χ4v) is 4.66. The van der Waals surface area contributed by atoms with Gasteiger partial charge in [-0.1, -0.05) is 0 Å². The van der Waals surface area contributed by atoms with Crippen molar-refractivity contribution in [1.29, 1.82) is 0 Å². The Morgan fingerprint density at radius 1 is 0.976 bits per heavy atom. The number of nitrogens with one attached hydrogen (secondary N) is 2. The summed E-state index contributed by atoms with van der Waals surface area (Å²) in [6.45, 7) is 2.02. The number of pyridine rings is 1. The molecule has 0 spiro atoms. The van der Waals surface area contributed by atoms with Gasteiger partial charge in [0.2, 0.25) is 5.91 Å². The number of carbonyl (C=O) groups is 3. The third-order valence-corrected chi connectivity index (χ3v) is 7.03. The van der Waals surface area contributed by atoms with E-state index in [1.54, 1.807) is 28.9 Å². The van der Waals surface area contributed by atoms with E-state index in [0.29, 0.717) is 29.3 Å². The summed E-state index contributed by atoms with van der Waals surface area (Å²) >= 11 is 0. The number of ether oxygens (including phenoxy) is 1. The number of hydrogen-bond donors (Lipinski definition) is 2. The molecule has 1 unspecified atom stereocenters. The summed E-state index contributed by atoms with van der Waals surface area (Å²) in [5.74, 6) is -0.474. The van der Waals surface area contributed by atoms with Crippen molar-refractivity contribution in [1.82, 2.24) is 14.3 Å². The molecular formula is C29H26F2N6O4. The zero-order valence-corrected chi connectivity index (χ0v) is 22.0. The van der Waals surface area contributed by atoms with E-state index in [1.807, 2.05) is 6.92 Å². The molecule has 2 fully saturated rings. The van der Waals surface area contributed by atoms with Crippen LogP contribution in [0.3, 0.4) is 0 Å². The van der Waals surface area contributed by atoms with Gasteiger partial charge in [-0.05, 0) is 74.7 Å². The van der Waals surface area contributed by atoms with Crippen LogP contribution in [0.1, 0.15) is 26.2 Å². The predicted octanol–water partition coefficient (Wildman–Crippen LogP) is 6.01. The van der Waals surface area contributed by atoms with Crippen molar-refractivity contribution in [3.8, 4) is 11.5 Å². The summed E-state index contributed by atoms with van der Waals surface area (Å²) in [7, 11) is 0. The van der Waals surface area contributed by atoms with Crippen LogP contribution in [-0.2, 0) is 4.79 Å². The number of aromatic nitrogens is 2. The van der Waals surface area contributed by atoms with Crippen LogP contribution in [0.25, 0.3) is 5.65 Å². The van der Waals surface area contributed by atoms with Gasteiger partial charge in [0.15, 0.2) is 17.4 Å². The molecule has 12 heteroatoms. The maximum Gasteiger partial charge on any atom is 0.332 e. The van der Waals surface area contributed by atoms with Crippen LogP contribution in [-0.4, -0.2) is 44.8 Å². The Bertz CT molecular complexity index is 1650. The fourth-order valence-electron chi connectivity index (χ4n) is 4.66. The van der Waals surface area contributed by atoms with E-state index in [-0.39, 0.29) is 35.8 Å². The van der Waals surface area contributed by atoms with Gasteiger partial charge in [0.05, 0.1) is 12.4 Å². The van der Waals surface area contributed by atoms with Gasteiger partial charge in [-0.3, -0.25) is 9.69 Å². The molecule has 1 saturated carbocycles. The van der Waals surface area contributed by atoms with Crippen LogP contribution >= 0.6 is 0 Å². The first kappa shape index (κ1) is 26.2. The van der Waals surface area contributed by atoms with Gasteiger partial charge in [0.25, 0.3) is 0 Å². The number of urea groups is 2. The molecule has 2 N–H and O–H groups in total. The van der Waals surface area contributed by atoms with E-state index in [4.69, 9.17) is 4.74 Å². The van der Waals surface area contributed by atoms with Crippen molar-refractivity contribution in [3.63, 3.8) is 0 Å². The Kier molecular flexibility index (Phi) is 6.73. The largest absolute Gasteiger partial charge is 0.453 e. The van der Waals surface area contributed by atoms with Crippen molar-refractivity contribution >= 4 is 40.8 Å². The maximum atomic E-state index is 15.0. The number of halogens is 2. The molecule has 1 aliphatic heterocycles. The van der Waals surface area contributed by atoms with Gasteiger partial charge in [-0.15, -0.1) is 0 Å². The third-order valence-electron chi connectivity index (χ3n) is 7.03. The van der Waals surface area contributed by atoms with Gasteiger partial charge < -0.3 is 19.8 Å². The molecule has 2 aliphatic rings. The van der Waals surface area contributed by atoms with E-state index in [2.05, 4.69) is 15.6 Å². The minimum Gasteiger partial charge on any atom is -0.453 e. The molecule has 10 nitrogen and oxygen atoms in total. The Hall–Kier alpha value is -5.00. The van der Waals surface area contributed by atoms with Gasteiger partial charge in [0.1, 0.15) is 17.2 Å². The number of carbonyl (C=O) groups excluding carboxylic acids is 3. The average molecular weight is 561 g/mol. The molecule has 41 heavy (non-hydrogen) atoms. The number of anilines is 3. The van der Waals surface area contributed by atoms with Crippen LogP contribution in [0.5, 0.6) is 11.5 Å². The van der Waals surface area contributed by atoms with E-state index in [9.17, 15) is 23.2 Å². The summed E-state index contributed by atoms with van der Waals surface area (Å²) in [6.07, 6.45) is 5.54. The Labute approximate surface area is 233 Å². The van der Waals surface area contributed by atoms with Crippen molar-refractivity contribution in [3.05, 3.63) is 78.6 Å². The monoisotopic (exact) mass is 560 g/mol. The maximum absolute atomic E-state index is 15.0. The van der Waals surface area contributed by atoms with E-state index >= 15 is 0 Å². The van der Waals surface area contributed by atoms with Crippen molar-refractivity contribution < 1.29 is 27.9 Å². The second kappa shape index (κ2) is 10.5. The quantitative estimate of drug-likeness (QED) is 0.301. The Morgan fingerprint density at radius 2 is 1.76 bits per heavy atom. The van der Waals surface area contributed by atoms with Gasteiger partial charge >= 0.3 is 12.1 Å². The molecule has 2 aromatic heterocycles. The summed E-state index contributed by atoms with van der Waals surface area (Å²) in [5.41, 5.74) is 1.20. The number of hydrogen-bond acceptors (Lipinski definition) is 5. The predicted molar refractivity (Wildman–Crippen MR) is 147 cm³/mol. The molecule has 1 atom stereocenters. The lowest BCUT2D eigenvalue weighted by molar-refractivity contribution is -0.117. The number of nitrogens with zero attached hydrogens (tertiary/aromatic N) is 4. The number of benzene rings is 2. The minimum atomic E-state index is -0.725. The first-order valence-electron chi connectivity index (χ1n) is 13.2. The number of rotatable bonds is 6. The van der Waals surface area contributed by atoms with E-state index < -0.39 is 23.7 Å². The van der Waals surface area contributed by atoms with Crippen molar-refractivity contribution in [2.45, 2.75) is 32.2 Å². The fraction of sp³-hybridized carbons (Fsp3) is 0.241. The number of amides is 5. The van der Waals surface area contributed by atoms with Crippen LogP contribution in [0.4, 0.5) is 35.6 Å². The first-order chi connectivity index (χ1) is 19.7. The van der Waals surface area contributed by atoms with Crippen LogP contribution in [0, 0.1) is 17.6 Å². The molecular weight excluding hydrogens is 534 g/mol. The second-order valence-electron chi connectivity index (χ2n) is 10.1. The summed E-state index contributed by atoms with van der Waals surface area (Å²) in [6, 6.07) is 11.2. The molecule has 0 bridgehead atoms. The molecule has 0 radical (unpaired) electrons. The van der Waals surface area contributed by atoms with E-state index in [0.717, 1.165) is 23.8 Å². The molecule has 210 valence electrons. The lowest BCUT2D eigenvalue weighted by atomic mass is 10.1. The Morgan fingerprint density at radius 3 is 2.49 bits per heavy atom.